The molecule has 1 aromatic heterocycles. The lowest BCUT2D eigenvalue weighted by atomic mass is 10.1. The number of carboxylic acid groups (broad SMARTS) is 1. The van der Waals surface area contributed by atoms with Crippen LogP contribution in [0.3, 0.4) is 0 Å². The average Bonchev–Trinajstić information content (AvgIpc) is 2.81. The molecule has 0 unspecified atom stereocenters. The fourth-order valence-corrected chi connectivity index (χ4v) is 1.95. The topological polar surface area (TPSA) is 82.2 Å². The van der Waals surface area contributed by atoms with E-state index in [0.29, 0.717) is 0 Å². The number of fused-ring (bicyclic) bond motifs is 1. The van der Waals surface area contributed by atoms with Crippen molar-refractivity contribution in [2.75, 3.05) is 6.67 Å². The SMILES string of the molecule is O=C(CF)N[C@@H](Cc1c[nH]c2ccccc12)C(=O)O. The van der Waals surface area contributed by atoms with E-state index in [-0.39, 0.29) is 6.42 Å². The lowest BCUT2D eigenvalue weighted by molar-refractivity contribution is -0.141. The van der Waals surface area contributed by atoms with Crippen LogP contribution in [-0.2, 0) is 16.0 Å². The Kier molecular flexibility index (Phi) is 3.79. The number of alkyl halides is 1. The molecule has 2 aromatic rings. The minimum atomic E-state index is -1.22. The van der Waals surface area contributed by atoms with Crippen molar-refractivity contribution in [3.8, 4) is 0 Å². The van der Waals surface area contributed by atoms with Crippen LogP contribution in [-0.4, -0.2) is 34.7 Å². The second-order valence-electron chi connectivity index (χ2n) is 4.16. The van der Waals surface area contributed by atoms with Gasteiger partial charge in [0.05, 0.1) is 0 Å². The smallest absolute Gasteiger partial charge is 0.326 e. The number of nitrogens with one attached hydrogen (secondary N) is 2. The monoisotopic (exact) mass is 264 g/mol. The summed E-state index contributed by atoms with van der Waals surface area (Å²) in [5.74, 6) is -2.11. The number of para-hydroxylation sites is 1. The van der Waals surface area contributed by atoms with Gasteiger partial charge in [0.2, 0.25) is 0 Å². The van der Waals surface area contributed by atoms with Gasteiger partial charge in [-0.2, -0.15) is 0 Å². The summed E-state index contributed by atoms with van der Waals surface area (Å²) in [6, 6.07) is 6.30. The van der Waals surface area contributed by atoms with Gasteiger partial charge in [-0.15, -0.1) is 0 Å². The Balaban J connectivity index is 2.21. The van der Waals surface area contributed by atoms with Crippen molar-refractivity contribution in [2.45, 2.75) is 12.5 Å². The third kappa shape index (κ3) is 2.90. The number of aromatic nitrogens is 1. The van der Waals surface area contributed by atoms with E-state index in [4.69, 9.17) is 5.11 Å². The highest BCUT2D eigenvalue weighted by atomic mass is 19.1. The van der Waals surface area contributed by atoms with E-state index in [1.807, 2.05) is 24.3 Å². The first-order valence-electron chi connectivity index (χ1n) is 5.75. The number of carbonyl (C=O) groups excluding carboxylic acids is 1. The largest absolute Gasteiger partial charge is 0.480 e. The van der Waals surface area contributed by atoms with Gasteiger partial charge in [0.25, 0.3) is 5.91 Å². The number of benzene rings is 1. The summed E-state index contributed by atoms with van der Waals surface area (Å²) in [6.07, 6.45) is 1.80. The molecule has 19 heavy (non-hydrogen) atoms. The van der Waals surface area contributed by atoms with Crippen LogP contribution in [0.4, 0.5) is 4.39 Å². The fraction of sp³-hybridized carbons (Fsp3) is 0.231. The molecule has 0 spiro atoms. The maximum atomic E-state index is 12.1. The van der Waals surface area contributed by atoms with E-state index in [9.17, 15) is 14.0 Å². The number of carboxylic acids is 1. The molecule has 100 valence electrons. The molecule has 0 radical (unpaired) electrons. The van der Waals surface area contributed by atoms with Crippen LogP contribution in [0.25, 0.3) is 10.9 Å². The zero-order valence-corrected chi connectivity index (χ0v) is 10.0. The van der Waals surface area contributed by atoms with Crippen molar-refractivity contribution in [3.63, 3.8) is 0 Å². The molecule has 1 heterocycles. The van der Waals surface area contributed by atoms with Gasteiger partial charge in [-0.1, -0.05) is 18.2 Å². The van der Waals surface area contributed by atoms with Gasteiger partial charge >= 0.3 is 5.97 Å². The Bertz CT molecular complexity index is 609. The number of amides is 1. The number of hydrogen-bond acceptors (Lipinski definition) is 2. The standard InChI is InChI=1S/C13H13FN2O3/c14-6-12(17)16-11(13(18)19)5-8-7-15-10-4-2-1-3-9(8)10/h1-4,7,11,15H,5-6H2,(H,16,17)(H,18,19)/t11-/m0/s1. The number of rotatable bonds is 5. The summed E-state index contributed by atoms with van der Waals surface area (Å²) in [7, 11) is 0. The molecule has 0 bridgehead atoms. The number of carbonyl (C=O) groups is 2. The quantitative estimate of drug-likeness (QED) is 0.760. The Morgan fingerprint density at radius 2 is 2.11 bits per heavy atom. The van der Waals surface area contributed by atoms with Gasteiger partial charge in [0.15, 0.2) is 6.67 Å². The summed E-state index contributed by atoms with van der Waals surface area (Å²) in [6.45, 7) is -1.22. The number of aromatic amines is 1. The molecule has 1 atom stereocenters. The Hall–Kier alpha value is -2.37. The van der Waals surface area contributed by atoms with Crippen molar-refractivity contribution in [1.29, 1.82) is 0 Å². The summed E-state index contributed by atoms with van der Waals surface area (Å²) in [5, 5.41) is 12.1. The summed E-state index contributed by atoms with van der Waals surface area (Å²) < 4.78 is 12.1. The van der Waals surface area contributed by atoms with E-state index < -0.39 is 24.6 Å². The van der Waals surface area contributed by atoms with Crippen LogP contribution in [0, 0.1) is 0 Å². The molecular weight excluding hydrogens is 251 g/mol. The molecule has 0 aliphatic heterocycles. The third-order valence-electron chi connectivity index (χ3n) is 2.85. The Morgan fingerprint density at radius 3 is 2.79 bits per heavy atom. The molecule has 0 saturated heterocycles. The third-order valence-corrected chi connectivity index (χ3v) is 2.85. The predicted octanol–water partition coefficient (Wildman–Crippen LogP) is 1.25. The minimum absolute atomic E-state index is 0.102. The van der Waals surface area contributed by atoms with Crippen LogP contribution in [0.2, 0.25) is 0 Å². The second kappa shape index (κ2) is 5.51. The van der Waals surface area contributed by atoms with Crippen molar-refractivity contribution < 1.29 is 19.1 Å². The first-order valence-corrected chi connectivity index (χ1v) is 5.75. The maximum absolute atomic E-state index is 12.1. The highest BCUT2D eigenvalue weighted by Gasteiger charge is 2.21. The number of halogens is 1. The van der Waals surface area contributed by atoms with E-state index >= 15 is 0 Å². The molecule has 0 saturated carbocycles. The molecule has 2 rings (SSSR count). The van der Waals surface area contributed by atoms with E-state index in [1.54, 1.807) is 6.20 Å². The van der Waals surface area contributed by atoms with Crippen LogP contribution in [0.15, 0.2) is 30.5 Å². The van der Waals surface area contributed by atoms with Crippen molar-refractivity contribution in [2.24, 2.45) is 0 Å². The first kappa shape index (κ1) is 13.1. The van der Waals surface area contributed by atoms with Gasteiger partial charge < -0.3 is 15.4 Å². The molecule has 1 amide bonds. The second-order valence-corrected chi connectivity index (χ2v) is 4.16. The lowest BCUT2D eigenvalue weighted by Gasteiger charge is -2.12. The maximum Gasteiger partial charge on any atom is 0.326 e. The Labute approximate surface area is 108 Å². The van der Waals surface area contributed by atoms with Gasteiger partial charge in [-0.3, -0.25) is 4.79 Å². The molecule has 1 aromatic carbocycles. The van der Waals surface area contributed by atoms with Gasteiger partial charge in [0.1, 0.15) is 6.04 Å². The molecule has 5 nitrogen and oxygen atoms in total. The molecular formula is C13H13FN2O3. The lowest BCUT2D eigenvalue weighted by Crippen LogP contribution is -2.42. The molecule has 0 fully saturated rings. The van der Waals surface area contributed by atoms with E-state index in [0.717, 1.165) is 16.5 Å². The zero-order chi connectivity index (χ0) is 13.8. The average molecular weight is 264 g/mol. The van der Waals surface area contributed by atoms with Gasteiger partial charge in [-0.05, 0) is 11.6 Å². The number of aliphatic carboxylic acids is 1. The van der Waals surface area contributed by atoms with Crippen LogP contribution >= 0.6 is 0 Å². The highest BCUT2D eigenvalue weighted by molar-refractivity contribution is 5.86. The van der Waals surface area contributed by atoms with Crippen molar-refractivity contribution in [1.82, 2.24) is 10.3 Å². The van der Waals surface area contributed by atoms with Crippen LogP contribution in [0.1, 0.15) is 5.56 Å². The van der Waals surface area contributed by atoms with Crippen molar-refractivity contribution >= 4 is 22.8 Å². The minimum Gasteiger partial charge on any atom is -0.480 e. The normalized spacial score (nSPS) is 12.3. The highest BCUT2D eigenvalue weighted by Crippen LogP contribution is 2.19. The van der Waals surface area contributed by atoms with Gasteiger partial charge in [-0.25, -0.2) is 9.18 Å². The van der Waals surface area contributed by atoms with E-state index in [2.05, 4.69) is 10.3 Å². The summed E-state index contributed by atoms with van der Waals surface area (Å²) >= 11 is 0. The van der Waals surface area contributed by atoms with Crippen molar-refractivity contribution in [3.05, 3.63) is 36.0 Å². The zero-order valence-electron chi connectivity index (χ0n) is 10.0. The predicted molar refractivity (Wildman–Crippen MR) is 67.5 cm³/mol. The Morgan fingerprint density at radius 1 is 1.37 bits per heavy atom. The number of hydrogen-bond donors (Lipinski definition) is 3. The number of H-pyrrole nitrogens is 1. The summed E-state index contributed by atoms with van der Waals surface area (Å²) in [5.41, 5.74) is 1.65. The fourth-order valence-electron chi connectivity index (χ4n) is 1.95. The van der Waals surface area contributed by atoms with Gasteiger partial charge in [0, 0.05) is 23.5 Å². The summed E-state index contributed by atoms with van der Waals surface area (Å²) in [4.78, 5) is 25.0. The molecule has 0 aliphatic carbocycles. The van der Waals surface area contributed by atoms with E-state index in [1.165, 1.54) is 0 Å². The molecule has 0 aliphatic rings. The van der Waals surface area contributed by atoms with Crippen LogP contribution < -0.4 is 5.32 Å². The van der Waals surface area contributed by atoms with Crippen LogP contribution in [0.5, 0.6) is 0 Å². The molecule has 6 heteroatoms. The first-order chi connectivity index (χ1) is 9.11. The molecule has 3 N–H and O–H groups in total.